The lowest BCUT2D eigenvalue weighted by atomic mass is 10.2. The van der Waals surface area contributed by atoms with E-state index in [0.717, 1.165) is 0 Å². The Morgan fingerprint density at radius 3 is 2.62 bits per heavy atom. The summed E-state index contributed by atoms with van der Waals surface area (Å²) in [5.41, 5.74) is 0.580. The van der Waals surface area contributed by atoms with E-state index in [9.17, 15) is 9.67 Å². The molecule has 0 aliphatic carbocycles. The molecule has 0 bridgehead atoms. The number of nitrogens with zero attached hydrogens (tertiary/aromatic N) is 2. The Kier molecular flexibility index (Phi) is 2.64. The SMILES string of the molecule is CP(C)(=O)c1cc2ncnc(Cl)c2cc1O. The molecular weight excluding hydrogens is 247 g/mol. The van der Waals surface area contributed by atoms with E-state index in [0.29, 0.717) is 16.2 Å². The van der Waals surface area contributed by atoms with Crippen molar-refractivity contribution in [3.8, 4) is 5.75 Å². The van der Waals surface area contributed by atoms with Crippen molar-refractivity contribution in [2.75, 3.05) is 13.3 Å². The predicted molar refractivity (Wildman–Crippen MR) is 65.3 cm³/mol. The lowest BCUT2D eigenvalue weighted by molar-refractivity contribution is 0.479. The lowest BCUT2D eigenvalue weighted by Crippen LogP contribution is -2.04. The molecule has 0 radical (unpaired) electrons. The minimum absolute atomic E-state index is 0.0301. The second kappa shape index (κ2) is 3.72. The minimum atomic E-state index is -2.53. The molecule has 0 amide bonds. The first-order valence-corrected chi connectivity index (χ1v) is 7.56. The molecule has 4 nitrogen and oxygen atoms in total. The number of rotatable bonds is 1. The summed E-state index contributed by atoms with van der Waals surface area (Å²) >= 11 is 5.86. The van der Waals surface area contributed by atoms with E-state index >= 15 is 0 Å². The highest BCUT2D eigenvalue weighted by atomic mass is 35.5. The highest BCUT2D eigenvalue weighted by Crippen LogP contribution is 2.39. The summed E-state index contributed by atoms with van der Waals surface area (Å²) < 4.78 is 11.9. The third-order valence-electron chi connectivity index (χ3n) is 2.26. The van der Waals surface area contributed by atoms with Gasteiger partial charge >= 0.3 is 0 Å². The number of hydrogen-bond acceptors (Lipinski definition) is 4. The fraction of sp³-hybridized carbons (Fsp3) is 0.200. The Bertz CT molecular complexity index is 609. The maximum absolute atomic E-state index is 11.9. The average molecular weight is 257 g/mol. The van der Waals surface area contributed by atoms with Crippen LogP contribution in [0.5, 0.6) is 5.75 Å². The fourth-order valence-corrected chi connectivity index (χ4v) is 2.72. The van der Waals surface area contributed by atoms with Gasteiger partial charge in [0.15, 0.2) is 0 Å². The molecule has 2 aromatic rings. The highest BCUT2D eigenvalue weighted by molar-refractivity contribution is 7.70. The second-order valence-electron chi connectivity index (χ2n) is 3.87. The first-order chi connectivity index (χ1) is 7.39. The van der Waals surface area contributed by atoms with Crippen LogP contribution in [-0.4, -0.2) is 28.4 Å². The van der Waals surface area contributed by atoms with Gasteiger partial charge in [-0.25, -0.2) is 9.97 Å². The predicted octanol–water partition coefficient (Wildman–Crippen LogP) is 2.24. The molecule has 1 heterocycles. The zero-order valence-electron chi connectivity index (χ0n) is 8.81. The summed E-state index contributed by atoms with van der Waals surface area (Å²) in [5.74, 6) is -0.0301. The zero-order chi connectivity index (χ0) is 11.9. The van der Waals surface area contributed by atoms with Crippen LogP contribution in [-0.2, 0) is 4.57 Å². The number of phenols is 1. The number of aromatic hydroxyl groups is 1. The van der Waals surface area contributed by atoms with Crippen molar-refractivity contribution < 1.29 is 9.67 Å². The molecule has 2 rings (SSSR count). The summed E-state index contributed by atoms with van der Waals surface area (Å²) in [5, 5.41) is 11.0. The molecule has 16 heavy (non-hydrogen) atoms. The summed E-state index contributed by atoms with van der Waals surface area (Å²) in [6.07, 6.45) is 1.34. The van der Waals surface area contributed by atoms with Crippen molar-refractivity contribution in [3.05, 3.63) is 23.6 Å². The number of aromatic nitrogens is 2. The van der Waals surface area contributed by atoms with Gasteiger partial charge in [0.2, 0.25) is 0 Å². The van der Waals surface area contributed by atoms with Crippen LogP contribution in [0.1, 0.15) is 0 Å². The minimum Gasteiger partial charge on any atom is -0.507 e. The largest absolute Gasteiger partial charge is 0.507 e. The van der Waals surface area contributed by atoms with Gasteiger partial charge in [0.1, 0.15) is 24.4 Å². The molecule has 0 aliphatic heterocycles. The van der Waals surface area contributed by atoms with Gasteiger partial charge < -0.3 is 9.67 Å². The standard InChI is InChI=1S/C10H10ClN2O2P/c1-16(2,15)9-4-7-6(3-8(9)14)10(11)13-5-12-7/h3-5,14H,1-2H3. The van der Waals surface area contributed by atoms with Gasteiger partial charge in [-0.05, 0) is 25.5 Å². The van der Waals surface area contributed by atoms with E-state index in [1.807, 2.05) is 0 Å². The van der Waals surface area contributed by atoms with Crippen molar-refractivity contribution in [3.63, 3.8) is 0 Å². The first kappa shape index (κ1) is 11.4. The smallest absolute Gasteiger partial charge is 0.140 e. The Labute approximate surface area is 97.7 Å². The average Bonchev–Trinajstić information content (AvgIpc) is 2.17. The Morgan fingerprint density at radius 1 is 1.31 bits per heavy atom. The molecule has 84 valence electrons. The number of hydrogen-bond donors (Lipinski definition) is 1. The highest BCUT2D eigenvalue weighted by Gasteiger charge is 2.18. The van der Waals surface area contributed by atoms with E-state index in [4.69, 9.17) is 11.6 Å². The molecule has 1 aromatic heterocycles. The van der Waals surface area contributed by atoms with E-state index in [1.165, 1.54) is 12.4 Å². The molecule has 0 saturated carbocycles. The van der Waals surface area contributed by atoms with Gasteiger partial charge in [-0.1, -0.05) is 11.6 Å². The quantitative estimate of drug-likeness (QED) is 0.628. The molecule has 0 atom stereocenters. The van der Waals surface area contributed by atoms with Crippen molar-refractivity contribution in [2.45, 2.75) is 0 Å². The monoisotopic (exact) mass is 256 g/mol. The van der Waals surface area contributed by atoms with Crippen LogP contribution in [0.3, 0.4) is 0 Å². The van der Waals surface area contributed by atoms with Crippen molar-refractivity contribution in [2.24, 2.45) is 0 Å². The first-order valence-electron chi connectivity index (χ1n) is 4.58. The van der Waals surface area contributed by atoms with Gasteiger partial charge in [0, 0.05) is 5.39 Å². The van der Waals surface area contributed by atoms with E-state index in [-0.39, 0.29) is 10.9 Å². The third kappa shape index (κ3) is 1.91. The Morgan fingerprint density at radius 2 is 2.00 bits per heavy atom. The van der Waals surface area contributed by atoms with Gasteiger partial charge in [0.25, 0.3) is 0 Å². The number of halogens is 1. The van der Waals surface area contributed by atoms with Crippen LogP contribution in [0.4, 0.5) is 0 Å². The van der Waals surface area contributed by atoms with Gasteiger partial charge in [0.05, 0.1) is 10.8 Å². The van der Waals surface area contributed by atoms with E-state index in [2.05, 4.69) is 9.97 Å². The van der Waals surface area contributed by atoms with Crippen molar-refractivity contribution in [1.29, 1.82) is 0 Å². The van der Waals surface area contributed by atoms with Crippen LogP contribution in [0.2, 0.25) is 5.15 Å². The van der Waals surface area contributed by atoms with Crippen LogP contribution < -0.4 is 5.30 Å². The fourth-order valence-electron chi connectivity index (χ4n) is 1.48. The van der Waals surface area contributed by atoms with Gasteiger partial charge in [-0.2, -0.15) is 0 Å². The van der Waals surface area contributed by atoms with Crippen molar-refractivity contribution >= 4 is 35.0 Å². The summed E-state index contributed by atoms with van der Waals surface area (Å²) in [7, 11) is -2.53. The molecule has 1 N–H and O–H groups in total. The van der Waals surface area contributed by atoms with Crippen LogP contribution in [0.15, 0.2) is 18.5 Å². The molecule has 6 heteroatoms. The van der Waals surface area contributed by atoms with E-state index < -0.39 is 7.14 Å². The summed E-state index contributed by atoms with van der Waals surface area (Å²) in [6.45, 7) is 3.19. The zero-order valence-corrected chi connectivity index (χ0v) is 10.5. The second-order valence-corrected chi connectivity index (χ2v) is 7.41. The molecule has 0 fully saturated rings. The van der Waals surface area contributed by atoms with Gasteiger partial charge in [-0.15, -0.1) is 0 Å². The number of phenolic OH excluding ortho intramolecular Hbond substituents is 1. The molecule has 0 aliphatic rings. The molecular formula is C10H10ClN2O2P. The molecule has 1 aromatic carbocycles. The molecule has 0 unspecified atom stereocenters. The summed E-state index contributed by atoms with van der Waals surface area (Å²) in [4.78, 5) is 7.84. The Hall–Kier alpha value is -1.12. The van der Waals surface area contributed by atoms with Crippen LogP contribution >= 0.6 is 18.7 Å². The topological polar surface area (TPSA) is 63.1 Å². The van der Waals surface area contributed by atoms with Crippen molar-refractivity contribution in [1.82, 2.24) is 9.97 Å². The summed E-state index contributed by atoms with van der Waals surface area (Å²) in [6, 6.07) is 3.05. The number of benzene rings is 1. The maximum atomic E-state index is 11.9. The van der Waals surface area contributed by atoms with Crippen LogP contribution in [0, 0.1) is 0 Å². The van der Waals surface area contributed by atoms with Crippen LogP contribution in [0.25, 0.3) is 10.9 Å². The maximum Gasteiger partial charge on any atom is 0.140 e. The number of fused-ring (bicyclic) bond motifs is 1. The Balaban J connectivity index is 2.83. The lowest BCUT2D eigenvalue weighted by Gasteiger charge is -2.10. The van der Waals surface area contributed by atoms with E-state index in [1.54, 1.807) is 19.4 Å². The molecule has 0 saturated heterocycles. The molecule has 0 spiro atoms. The third-order valence-corrected chi connectivity index (χ3v) is 4.08. The normalized spacial score (nSPS) is 11.9. The van der Waals surface area contributed by atoms with Gasteiger partial charge in [-0.3, -0.25) is 0 Å².